The molecule has 0 unspecified atom stereocenters. The maximum absolute atomic E-state index is 13.7. The molecule has 0 fully saturated rings. The molecule has 0 atom stereocenters. The van der Waals surface area contributed by atoms with E-state index >= 15 is 0 Å². The van der Waals surface area contributed by atoms with Gasteiger partial charge in [-0.15, -0.1) is 0 Å². The molecule has 3 rings (SSSR count). The fourth-order valence-electron chi connectivity index (χ4n) is 1.80. The number of phenolic OH excluding ortho intramolecular Hbond substituents is 1. The van der Waals surface area contributed by atoms with Crippen LogP contribution in [0.25, 0.3) is 21.9 Å². The van der Waals surface area contributed by atoms with Crippen molar-refractivity contribution in [3.8, 4) is 5.75 Å². The van der Waals surface area contributed by atoms with E-state index < -0.39 is 17.4 Å². The van der Waals surface area contributed by atoms with Crippen LogP contribution in [0.4, 0.5) is 8.78 Å². The van der Waals surface area contributed by atoms with Crippen LogP contribution in [0.1, 0.15) is 0 Å². The minimum atomic E-state index is -0.908. The second-order valence-electron chi connectivity index (χ2n) is 3.62. The molecular formula is C12H5ClF2O2. The van der Waals surface area contributed by atoms with Gasteiger partial charge in [0.2, 0.25) is 5.82 Å². The Morgan fingerprint density at radius 1 is 0.941 bits per heavy atom. The molecule has 0 saturated carbocycles. The van der Waals surface area contributed by atoms with Crippen molar-refractivity contribution in [2.75, 3.05) is 0 Å². The van der Waals surface area contributed by atoms with Crippen LogP contribution in [0, 0.1) is 11.6 Å². The van der Waals surface area contributed by atoms with Gasteiger partial charge in [-0.2, -0.15) is 4.39 Å². The zero-order valence-corrected chi connectivity index (χ0v) is 9.05. The van der Waals surface area contributed by atoms with E-state index in [0.29, 0.717) is 10.8 Å². The third-order valence-corrected chi connectivity index (χ3v) is 2.91. The number of furan rings is 1. The van der Waals surface area contributed by atoms with Gasteiger partial charge in [0, 0.05) is 10.8 Å². The van der Waals surface area contributed by atoms with Crippen LogP contribution in [0.2, 0.25) is 5.02 Å². The van der Waals surface area contributed by atoms with Crippen molar-refractivity contribution in [3.63, 3.8) is 0 Å². The Balaban J connectivity index is 2.58. The highest BCUT2D eigenvalue weighted by Gasteiger charge is 2.17. The van der Waals surface area contributed by atoms with Crippen molar-refractivity contribution >= 4 is 33.5 Å². The fraction of sp³-hybridized carbons (Fsp3) is 0. The topological polar surface area (TPSA) is 33.4 Å². The highest BCUT2D eigenvalue weighted by atomic mass is 35.5. The largest absolute Gasteiger partial charge is 0.505 e. The average molecular weight is 255 g/mol. The molecule has 86 valence electrons. The zero-order valence-electron chi connectivity index (χ0n) is 8.30. The molecule has 0 saturated heterocycles. The van der Waals surface area contributed by atoms with E-state index in [2.05, 4.69) is 0 Å². The number of phenols is 1. The van der Waals surface area contributed by atoms with Crippen LogP contribution in [-0.2, 0) is 0 Å². The van der Waals surface area contributed by atoms with Gasteiger partial charge in [-0.3, -0.25) is 0 Å². The summed E-state index contributed by atoms with van der Waals surface area (Å²) in [7, 11) is 0. The van der Waals surface area contributed by atoms with Gasteiger partial charge in [0.1, 0.15) is 0 Å². The second kappa shape index (κ2) is 3.34. The molecule has 0 amide bonds. The highest BCUT2D eigenvalue weighted by Crippen LogP contribution is 2.36. The monoisotopic (exact) mass is 254 g/mol. The Morgan fingerprint density at radius 3 is 2.24 bits per heavy atom. The van der Waals surface area contributed by atoms with Gasteiger partial charge >= 0.3 is 0 Å². The first kappa shape index (κ1) is 10.4. The van der Waals surface area contributed by atoms with Crippen molar-refractivity contribution in [2.45, 2.75) is 0 Å². The van der Waals surface area contributed by atoms with Crippen LogP contribution in [0.15, 0.2) is 28.7 Å². The van der Waals surface area contributed by atoms with Crippen LogP contribution >= 0.6 is 11.6 Å². The van der Waals surface area contributed by atoms with E-state index in [1.54, 1.807) is 6.07 Å². The van der Waals surface area contributed by atoms with Gasteiger partial charge in [0.25, 0.3) is 0 Å². The Bertz CT molecular complexity index is 687. The molecule has 17 heavy (non-hydrogen) atoms. The number of rotatable bonds is 0. The van der Waals surface area contributed by atoms with Crippen LogP contribution < -0.4 is 0 Å². The summed E-state index contributed by atoms with van der Waals surface area (Å²) in [5.74, 6) is -2.18. The second-order valence-corrected chi connectivity index (χ2v) is 4.02. The summed E-state index contributed by atoms with van der Waals surface area (Å²) >= 11 is 5.61. The third-order valence-electron chi connectivity index (χ3n) is 2.62. The maximum Gasteiger partial charge on any atom is 0.207 e. The molecule has 0 aliphatic rings. The highest BCUT2D eigenvalue weighted by molar-refractivity contribution is 6.31. The van der Waals surface area contributed by atoms with Crippen LogP contribution in [0.3, 0.4) is 0 Å². The lowest BCUT2D eigenvalue weighted by Gasteiger charge is -1.94. The molecule has 3 aromatic rings. The lowest BCUT2D eigenvalue weighted by molar-refractivity contribution is 0.430. The molecule has 5 heteroatoms. The number of hydrogen-bond acceptors (Lipinski definition) is 2. The number of benzene rings is 2. The van der Waals surface area contributed by atoms with Crippen molar-refractivity contribution in [1.82, 2.24) is 0 Å². The predicted molar refractivity (Wildman–Crippen MR) is 60.3 cm³/mol. The summed E-state index contributed by atoms with van der Waals surface area (Å²) in [4.78, 5) is 0. The van der Waals surface area contributed by atoms with Crippen molar-refractivity contribution in [1.29, 1.82) is 0 Å². The summed E-state index contributed by atoms with van der Waals surface area (Å²) in [6.07, 6.45) is 0. The van der Waals surface area contributed by atoms with Crippen LogP contribution in [0.5, 0.6) is 5.75 Å². The van der Waals surface area contributed by atoms with Gasteiger partial charge in [0.15, 0.2) is 22.7 Å². The minimum Gasteiger partial charge on any atom is -0.505 e. The van der Waals surface area contributed by atoms with Crippen molar-refractivity contribution in [2.24, 2.45) is 0 Å². The molecule has 1 N–H and O–H groups in total. The van der Waals surface area contributed by atoms with Crippen LogP contribution in [-0.4, -0.2) is 5.11 Å². The molecule has 1 aromatic heterocycles. The molecule has 0 aliphatic heterocycles. The lowest BCUT2D eigenvalue weighted by atomic mass is 10.1. The Hall–Kier alpha value is -1.81. The SMILES string of the molecule is Oc1ccc2c(oc3c(F)c(Cl)ccc32)c1F. The normalized spacial score (nSPS) is 11.5. The van der Waals surface area contributed by atoms with Gasteiger partial charge in [-0.05, 0) is 24.3 Å². The van der Waals surface area contributed by atoms with Crippen molar-refractivity contribution < 1.29 is 18.3 Å². The maximum atomic E-state index is 13.7. The summed E-state index contributed by atoms with van der Waals surface area (Å²) in [5.41, 5.74) is -0.293. The first-order valence-corrected chi connectivity index (χ1v) is 5.15. The van der Waals surface area contributed by atoms with E-state index in [-0.39, 0.29) is 16.2 Å². The average Bonchev–Trinajstić information content (AvgIpc) is 2.69. The Kier molecular flexibility index (Phi) is 2.03. The lowest BCUT2D eigenvalue weighted by Crippen LogP contribution is -1.76. The van der Waals surface area contributed by atoms with E-state index in [9.17, 15) is 13.9 Å². The molecule has 0 radical (unpaired) electrons. The third kappa shape index (κ3) is 1.31. The smallest absolute Gasteiger partial charge is 0.207 e. The van der Waals surface area contributed by atoms with E-state index in [1.807, 2.05) is 0 Å². The molecule has 2 nitrogen and oxygen atoms in total. The molecule has 1 heterocycles. The number of halogens is 3. The van der Waals surface area contributed by atoms with Gasteiger partial charge in [-0.1, -0.05) is 11.6 Å². The first-order chi connectivity index (χ1) is 8.09. The summed E-state index contributed by atoms with van der Waals surface area (Å²) in [5, 5.41) is 9.93. The summed E-state index contributed by atoms with van der Waals surface area (Å²) < 4.78 is 32.3. The van der Waals surface area contributed by atoms with Gasteiger partial charge in [0.05, 0.1) is 5.02 Å². The number of fused-ring (bicyclic) bond motifs is 3. The zero-order chi connectivity index (χ0) is 12.2. The van der Waals surface area contributed by atoms with Gasteiger partial charge < -0.3 is 9.52 Å². The minimum absolute atomic E-state index is 0.0961. The molecule has 0 spiro atoms. The Morgan fingerprint density at radius 2 is 1.53 bits per heavy atom. The summed E-state index contributed by atoms with van der Waals surface area (Å²) in [6.45, 7) is 0. The molecular weight excluding hydrogens is 250 g/mol. The molecule has 2 aromatic carbocycles. The molecule has 0 aliphatic carbocycles. The first-order valence-electron chi connectivity index (χ1n) is 4.77. The van der Waals surface area contributed by atoms with Gasteiger partial charge in [-0.25, -0.2) is 4.39 Å². The van der Waals surface area contributed by atoms with E-state index in [0.717, 1.165) is 0 Å². The van der Waals surface area contributed by atoms with Crippen molar-refractivity contribution in [3.05, 3.63) is 40.9 Å². The fourth-order valence-corrected chi connectivity index (χ4v) is 1.95. The number of hydrogen-bond donors (Lipinski definition) is 1. The molecule has 0 bridgehead atoms. The number of aromatic hydroxyl groups is 1. The van der Waals surface area contributed by atoms with E-state index in [4.69, 9.17) is 16.0 Å². The standard InChI is InChI=1S/C12H5ClF2O2/c13-7-3-1-5-6-2-4-8(16)10(15)12(6)17-11(5)9(7)14/h1-4,16H. The van der Waals surface area contributed by atoms with E-state index in [1.165, 1.54) is 18.2 Å². The Labute approximate surface area is 99.0 Å². The quantitative estimate of drug-likeness (QED) is 0.651. The predicted octanol–water partition coefficient (Wildman–Crippen LogP) is 4.22. The summed E-state index contributed by atoms with van der Waals surface area (Å²) in [6, 6.07) is 5.58.